The van der Waals surface area contributed by atoms with Crippen LogP contribution in [0.2, 0.25) is 0 Å². The van der Waals surface area contributed by atoms with Crippen LogP contribution in [0.4, 0.5) is 0 Å². The summed E-state index contributed by atoms with van der Waals surface area (Å²) in [4.78, 5) is 2.75. The van der Waals surface area contributed by atoms with E-state index in [2.05, 4.69) is 41.6 Å². The van der Waals surface area contributed by atoms with Gasteiger partial charge in [-0.25, -0.2) is 0 Å². The molecule has 1 saturated heterocycles. The number of aromatic nitrogens is 2. The monoisotopic (exact) mass is 276 g/mol. The molecule has 0 amide bonds. The van der Waals surface area contributed by atoms with Crippen LogP contribution in [-0.4, -0.2) is 39.4 Å². The lowest BCUT2D eigenvalue weighted by molar-refractivity contribution is 0.0349. The number of rotatable bonds is 4. The third kappa shape index (κ3) is 2.63. The first kappa shape index (κ1) is 14.1. The van der Waals surface area contributed by atoms with Crippen molar-refractivity contribution in [3.8, 4) is 0 Å². The number of hydrogen-bond acceptors (Lipinski definition) is 3. The number of nitrogens with zero attached hydrogens (tertiary/aromatic N) is 3. The van der Waals surface area contributed by atoms with E-state index in [4.69, 9.17) is 0 Å². The molecule has 2 fully saturated rings. The van der Waals surface area contributed by atoms with E-state index >= 15 is 0 Å². The average molecular weight is 276 g/mol. The summed E-state index contributed by atoms with van der Waals surface area (Å²) in [5.74, 6) is 0. The molecule has 0 radical (unpaired) electrons. The Morgan fingerprint density at radius 1 is 1.35 bits per heavy atom. The highest BCUT2D eigenvalue weighted by Gasteiger charge is 2.42. The summed E-state index contributed by atoms with van der Waals surface area (Å²) in [6.07, 6.45) is 11.0. The van der Waals surface area contributed by atoms with E-state index in [0.717, 1.165) is 13.1 Å². The lowest BCUT2D eigenvalue weighted by Crippen LogP contribution is -2.62. The Balaban J connectivity index is 1.75. The van der Waals surface area contributed by atoms with Crippen LogP contribution in [0, 0.1) is 0 Å². The Hall–Kier alpha value is -0.870. The zero-order chi connectivity index (χ0) is 14.0. The minimum absolute atomic E-state index is 0.417. The van der Waals surface area contributed by atoms with E-state index < -0.39 is 0 Å². The second-order valence-electron chi connectivity index (χ2n) is 6.50. The predicted molar refractivity (Wildman–Crippen MR) is 81.6 cm³/mol. The molecule has 2 heterocycles. The average Bonchev–Trinajstić information content (AvgIpc) is 3.11. The van der Waals surface area contributed by atoms with Gasteiger partial charge in [-0.1, -0.05) is 19.8 Å². The molecular formula is C16H28N4. The molecule has 1 aromatic rings. The maximum absolute atomic E-state index is 4.43. The van der Waals surface area contributed by atoms with Crippen molar-refractivity contribution in [2.45, 2.75) is 70.6 Å². The molecule has 3 rings (SSSR count). The van der Waals surface area contributed by atoms with Crippen molar-refractivity contribution >= 4 is 0 Å². The van der Waals surface area contributed by atoms with Gasteiger partial charge in [0.25, 0.3) is 0 Å². The normalized spacial score (nSPS) is 26.4. The first-order valence-corrected chi connectivity index (χ1v) is 8.25. The molecule has 4 nitrogen and oxygen atoms in total. The SMILES string of the molecule is CCC1CN(Cc2cnn(CC)c2)C2(CCCC2)CN1. The van der Waals surface area contributed by atoms with Gasteiger partial charge in [-0.2, -0.15) is 5.10 Å². The fourth-order valence-corrected chi connectivity index (χ4v) is 3.88. The fourth-order valence-electron chi connectivity index (χ4n) is 3.88. The summed E-state index contributed by atoms with van der Waals surface area (Å²) in [7, 11) is 0. The Labute approximate surface area is 122 Å². The van der Waals surface area contributed by atoms with E-state index in [9.17, 15) is 0 Å². The number of aryl methyl sites for hydroxylation is 1. The number of piperazine rings is 1. The molecule has 4 heteroatoms. The molecule has 0 aromatic carbocycles. The molecule has 1 saturated carbocycles. The fraction of sp³-hybridized carbons (Fsp3) is 0.812. The van der Waals surface area contributed by atoms with Gasteiger partial charge in [0.1, 0.15) is 0 Å². The summed E-state index contributed by atoms with van der Waals surface area (Å²) in [6.45, 7) is 8.83. The quantitative estimate of drug-likeness (QED) is 0.916. The van der Waals surface area contributed by atoms with Crippen molar-refractivity contribution in [1.29, 1.82) is 0 Å². The van der Waals surface area contributed by atoms with Gasteiger partial charge in [-0.3, -0.25) is 9.58 Å². The Morgan fingerprint density at radius 3 is 2.80 bits per heavy atom. The standard InChI is InChI=1S/C16H28N4/c1-3-15-12-19(10-14-9-18-20(4-2)11-14)16(13-17-15)7-5-6-8-16/h9,11,15,17H,3-8,10,12-13H2,1-2H3. The lowest BCUT2D eigenvalue weighted by Gasteiger charge is -2.48. The summed E-state index contributed by atoms with van der Waals surface area (Å²) in [5.41, 5.74) is 1.79. The van der Waals surface area contributed by atoms with Gasteiger partial charge in [0.05, 0.1) is 6.20 Å². The van der Waals surface area contributed by atoms with Gasteiger partial charge in [0, 0.05) is 49.5 Å². The third-order valence-electron chi connectivity index (χ3n) is 5.24. The van der Waals surface area contributed by atoms with E-state index in [0.29, 0.717) is 11.6 Å². The van der Waals surface area contributed by atoms with Crippen LogP contribution >= 0.6 is 0 Å². The topological polar surface area (TPSA) is 33.1 Å². The van der Waals surface area contributed by atoms with E-state index in [-0.39, 0.29) is 0 Å². The van der Waals surface area contributed by atoms with Gasteiger partial charge < -0.3 is 5.32 Å². The van der Waals surface area contributed by atoms with Crippen molar-refractivity contribution in [2.24, 2.45) is 0 Å². The van der Waals surface area contributed by atoms with Gasteiger partial charge >= 0.3 is 0 Å². The van der Waals surface area contributed by atoms with E-state index in [1.807, 2.05) is 4.68 Å². The Morgan fingerprint density at radius 2 is 2.15 bits per heavy atom. The highest BCUT2D eigenvalue weighted by molar-refractivity contribution is 5.09. The number of nitrogens with one attached hydrogen (secondary N) is 1. The van der Waals surface area contributed by atoms with Crippen LogP contribution in [-0.2, 0) is 13.1 Å². The smallest absolute Gasteiger partial charge is 0.0534 e. The van der Waals surface area contributed by atoms with Crippen molar-refractivity contribution in [3.05, 3.63) is 18.0 Å². The highest BCUT2D eigenvalue weighted by Crippen LogP contribution is 2.37. The summed E-state index contributed by atoms with van der Waals surface area (Å²) < 4.78 is 2.04. The molecule has 1 aliphatic heterocycles. The van der Waals surface area contributed by atoms with Gasteiger partial charge in [0.2, 0.25) is 0 Å². The van der Waals surface area contributed by atoms with Gasteiger partial charge in [0.15, 0.2) is 0 Å². The molecule has 20 heavy (non-hydrogen) atoms. The molecule has 1 spiro atoms. The molecule has 1 unspecified atom stereocenters. The zero-order valence-corrected chi connectivity index (χ0v) is 12.9. The van der Waals surface area contributed by atoms with Crippen molar-refractivity contribution in [2.75, 3.05) is 13.1 Å². The largest absolute Gasteiger partial charge is 0.311 e. The summed E-state index contributed by atoms with van der Waals surface area (Å²) in [5, 5.41) is 8.20. The minimum Gasteiger partial charge on any atom is -0.311 e. The van der Waals surface area contributed by atoms with Gasteiger partial charge in [-0.15, -0.1) is 0 Å². The van der Waals surface area contributed by atoms with Gasteiger partial charge in [-0.05, 0) is 26.2 Å². The van der Waals surface area contributed by atoms with Crippen molar-refractivity contribution in [1.82, 2.24) is 20.0 Å². The predicted octanol–water partition coefficient (Wildman–Crippen LogP) is 2.40. The maximum atomic E-state index is 4.43. The second-order valence-corrected chi connectivity index (χ2v) is 6.50. The molecule has 1 N–H and O–H groups in total. The summed E-state index contributed by atoms with van der Waals surface area (Å²) >= 11 is 0. The lowest BCUT2D eigenvalue weighted by atomic mass is 9.90. The van der Waals surface area contributed by atoms with Crippen LogP contribution < -0.4 is 5.32 Å². The maximum Gasteiger partial charge on any atom is 0.0534 e. The van der Waals surface area contributed by atoms with E-state index in [1.165, 1.54) is 50.8 Å². The number of hydrogen-bond donors (Lipinski definition) is 1. The molecule has 1 atom stereocenters. The first-order chi connectivity index (χ1) is 9.75. The van der Waals surface area contributed by atoms with Crippen LogP contribution in [0.5, 0.6) is 0 Å². The Bertz CT molecular complexity index is 433. The van der Waals surface area contributed by atoms with Crippen LogP contribution in [0.1, 0.15) is 51.5 Å². The molecule has 0 bridgehead atoms. The first-order valence-electron chi connectivity index (χ1n) is 8.25. The van der Waals surface area contributed by atoms with Crippen LogP contribution in [0.25, 0.3) is 0 Å². The molecule has 112 valence electrons. The van der Waals surface area contributed by atoms with E-state index in [1.54, 1.807) is 0 Å². The highest BCUT2D eigenvalue weighted by atomic mass is 15.3. The van der Waals surface area contributed by atoms with Crippen molar-refractivity contribution < 1.29 is 0 Å². The zero-order valence-electron chi connectivity index (χ0n) is 12.9. The second kappa shape index (κ2) is 5.86. The molecule has 2 aliphatic rings. The third-order valence-corrected chi connectivity index (χ3v) is 5.24. The molecule has 1 aliphatic carbocycles. The molecular weight excluding hydrogens is 248 g/mol. The Kier molecular flexibility index (Phi) is 4.13. The van der Waals surface area contributed by atoms with Crippen LogP contribution in [0.3, 0.4) is 0 Å². The minimum atomic E-state index is 0.417. The van der Waals surface area contributed by atoms with Crippen molar-refractivity contribution in [3.63, 3.8) is 0 Å². The summed E-state index contributed by atoms with van der Waals surface area (Å²) in [6, 6.07) is 0.655. The van der Waals surface area contributed by atoms with Crippen LogP contribution in [0.15, 0.2) is 12.4 Å². The molecule has 1 aromatic heterocycles.